The van der Waals surface area contributed by atoms with Gasteiger partial charge in [-0.15, -0.1) is 0 Å². The van der Waals surface area contributed by atoms with Gasteiger partial charge in [0.1, 0.15) is 5.82 Å². The molecule has 2 aromatic rings. The van der Waals surface area contributed by atoms with Crippen molar-refractivity contribution in [3.05, 3.63) is 42.4 Å². The van der Waals surface area contributed by atoms with Crippen LogP contribution in [0, 0.1) is 5.92 Å². The Bertz CT molecular complexity index is 826. The molecule has 1 unspecified atom stereocenters. The zero-order valence-corrected chi connectivity index (χ0v) is 17.7. The Morgan fingerprint density at radius 1 is 1.07 bits per heavy atom. The first kappa shape index (κ1) is 20.8. The number of morpholine rings is 1. The van der Waals surface area contributed by atoms with Crippen molar-refractivity contribution in [2.75, 3.05) is 51.7 Å². The van der Waals surface area contributed by atoms with Crippen molar-refractivity contribution >= 4 is 11.7 Å². The minimum absolute atomic E-state index is 0.0329. The van der Waals surface area contributed by atoms with Gasteiger partial charge < -0.3 is 15.4 Å². The molecule has 1 atom stereocenters. The second-order valence-electron chi connectivity index (χ2n) is 8.36. The van der Waals surface area contributed by atoms with Crippen molar-refractivity contribution in [2.45, 2.75) is 25.7 Å². The molecule has 4 heterocycles. The van der Waals surface area contributed by atoms with Crippen molar-refractivity contribution in [3.8, 4) is 11.1 Å². The molecule has 4 rings (SSSR count). The number of nitrogens with zero attached hydrogens (tertiary/aromatic N) is 4. The Kier molecular flexibility index (Phi) is 6.59. The molecule has 0 saturated carbocycles. The minimum atomic E-state index is 0.0329. The Labute approximate surface area is 178 Å². The number of piperidine rings is 1. The Morgan fingerprint density at radius 2 is 1.73 bits per heavy atom. The predicted molar refractivity (Wildman–Crippen MR) is 117 cm³/mol. The van der Waals surface area contributed by atoms with Gasteiger partial charge in [-0.2, -0.15) is 0 Å². The molecular weight excluding hydrogens is 378 g/mol. The van der Waals surface area contributed by atoms with Gasteiger partial charge in [0.05, 0.1) is 13.2 Å². The van der Waals surface area contributed by atoms with E-state index in [2.05, 4.69) is 28.9 Å². The Hall–Kier alpha value is -2.51. The maximum atomic E-state index is 12.9. The van der Waals surface area contributed by atoms with E-state index in [0.717, 1.165) is 75.6 Å². The second kappa shape index (κ2) is 9.53. The van der Waals surface area contributed by atoms with Crippen LogP contribution in [0.4, 0.5) is 5.82 Å². The smallest absolute Gasteiger partial charge is 0.226 e. The van der Waals surface area contributed by atoms with Gasteiger partial charge in [0.25, 0.3) is 0 Å². The Balaban J connectivity index is 1.29. The van der Waals surface area contributed by atoms with Crippen LogP contribution >= 0.6 is 0 Å². The van der Waals surface area contributed by atoms with E-state index in [4.69, 9.17) is 15.5 Å². The number of nitrogens with two attached hydrogens (primary N) is 1. The highest BCUT2D eigenvalue weighted by atomic mass is 16.5. The molecule has 2 aliphatic rings. The summed E-state index contributed by atoms with van der Waals surface area (Å²) in [5.74, 6) is 1.23. The number of rotatable bonds is 5. The van der Waals surface area contributed by atoms with Gasteiger partial charge >= 0.3 is 0 Å². The number of amides is 1. The summed E-state index contributed by atoms with van der Waals surface area (Å²) in [4.78, 5) is 26.1. The second-order valence-corrected chi connectivity index (χ2v) is 8.36. The summed E-state index contributed by atoms with van der Waals surface area (Å²) < 4.78 is 5.40. The van der Waals surface area contributed by atoms with Crippen molar-refractivity contribution in [1.29, 1.82) is 0 Å². The molecular formula is C23H31N5O2. The molecule has 0 aromatic carbocycles. The lowest BCUT2D eigenvalue weighted by molar-refractivity contribution is -0.137. The summed E-state index contributed by atoms with van der Waals surface area (Å²) in [6, 6.07) is 7.96. The van der Waals surface area contributed by atoms with Gasteiger partial charge in [-0.25, -0.2) is 4.98 Å². The monoisotopic (exact) mass is 409 g/mol. The molecule has 1 amide bonds. The lowest BCUT2D eigenvalue weighted by Gasteiger charge is -2.35. The van der Waals surface area contributed by atoms with Crippen LogP contribution in [0.1, 0.15) is 31.4 Å². The molecule has 2 saturated heterocycles. The number of aromatic nitrogens is 2. The average molecular weight is 410 g/mol. The summed E-state index contributed by atoms with van der Waals surface area (Å²) in [7, 11) is 0. The number of hydrogen-bond donors (Lipinski definition) is 1. The van der Waals surface area contributed by atoms with Gasteiger partial charge in [0.2, 0.25) is 5.91 Å². The zero-order chi connectivity index (χ0) is 20.9. The van der Waals surface area contributed by atoms with Gasteiger partial charge in [-0.05, 0) is 31.0 Å². The van der Waals surface area contributed by atoms with Crippen LogP contribution < -0.4 is 5.73 Å². The van der Waals surface area contributed by atoms with Crippen LogP contribution in [-0.4, -0.2) is 71.6 Å². The number of nitrogen functional groups attached to an aromatic ring is 1. The highest BCUT2D eigenvalue weighted by Crippen LogP contribution is 2.29. The predicted octanol–water partition coefficient (Wildman–Crippen LogP) is 2.40. The van der Waals surface area contributed by atoms with Crippen LogP contribution in [0.25, 0.3) is 11.1 Å². The summed E-state index contributed by atoms with van der Waals surface area (Å²) in [6.07, 6.45) is 5.61. The molecule has 160 valence electrons. The Morgan fingerprint density at radius 3 is 2.33 bits per heavy atom. The SMILES string of the molecule is CC(CN1CCOCC1)C(=O)N1CCC(c2ccc(-c3ccc(N)nc3)cn2)CC1. The third-order valence-electron chi connectivity index (χ3n) is 6.19. The number of anilines is 1. The standard InChI is InChI=1S/C23H31N5O2/c1-17(16-27-10-12-30-13-11-27)23(29)28-8-6-18(7-9-28)21-4-2-19(14-25-21)20-3-5-22(24)26-15-20/h2-5,14-15,17-18H,6-13,16H2,1H3,(H2,24,26). The summed E-state index contributed by atoms with van der Waals surface area (Å²) in [6.45, 7) is 7.88. The van der Waals surface area contributed by atoms with Crippen LogP contribution in [0.2, 0.25) is 0 Å². The summed E-state index contributed by atoms with van der Waals surface area (Å²) in [5, 5.41) is 0. The molecule has 0 spiro atoms. The van der Waals surface area contributed by atoms with Crippen LogP contribution in [-0.2, 0) is 9.53 Å². The number of carbonyl (C=O) groups is 1. The molecule has 2 aromatic heterocycles. The highest BCUT2D eigenvalue weighted by molar-refractivity contribution is 5.78. The molecule has 2 N–H and O–H groups in total. The molecule has 0 aliphatic carbocycles. The van der Waals surface area contributed by atoms with E-state index in [1.165, 1.54) is 0 Å². The first-order valence-corrected chi connectivity index (χ1v) is 10.9. The van der Waals surface area contributed by atoms with Gasteiger partial charge in [0.15, 0.2) is 0 Å². The van der Waals surface area contributed by atoms with E-state index in [1.807, 2.05) is 17.2 Å². The number of pyridine rings is 2. The van der Waals surface area contributed by atoms with E-state index in [1.54, 1.807) is 12.3 Å². The lowest BCUT2D eigenvalue weighted by atomic mass is 9.92. The number of likely N-dealkylation sites (tertiary alicyclic amines) is 1. The lowest BCUT2D eigenvalue weighted by Crippen LogP contribution is -2.46. The fourth-order valence-electron chi connectivity index (χ4n) is 4.35. The molecule has 0 bridgehead atoms. The topological polar surface area (TPSA) is 84.6 Å². The van der Waals surface area contributed by atoms with E-state index in [-0.39, 0.29) is 11.8 Å². The van der Waals surface area contributed by atoms with Gasteiger partial charge in [0, 0.05) is 73.8 Å². The van der Waals surface area contributed by atoms with Crippen molar-refractivity contribution < 1.29 is 9.53 Å². The van der Waals surface area contributed by atoms with Crippen LogP contribution in [0.15, 0.2) is 36.7 Å². The molecule has 7 heteroatoms. The van der Waals surface area contributed by atoms with E-state index in [0.29, 0.717) is 11.7 Å². The molecule has 30 heavy (non-hydrogen) atoms. The number of hydrogen-bond acceptors (Lipinski definition) is 6. The van der Waals surface area contributed by atoms with Crippen molar-refractivity contribution in [3.63, 3.8) is 0 Å². The van der Waals surface area contributed by atoms with Crippen molar-refractivity contribution in [2.24, 2.45) is 5.92 Å². The first-order chi connectivity index (χ1) is 14.6. The van der Waals surface area contributed by atoms with Crippen molar-refractivity contribution in [1.82, 2.24) is 19.8 Å². The summed E-state index contributed by atoms with van der Waals surface area (Å²) >= 11 is 0. The number of ether oxygens (including phenoxy) is 1. The molecule has 7 nitrogen and oxygen atoms in total. The maximum Gasteiger partial charge on any atom is 0.226 e. The minimum Gasteiger partial charge on any atom is -0.384 e. The zero-order valence-electron chi connectivity index (χ0n) is 17.7. The van der Waals surface area contributed by atoms with E-state index in [9.17, 15) is 4.79 Å². The summed E-state index contributed by atoms with van der Waals surface area (Å²) in [5.41, 5.74) is 8.82. The fourth-order valence-corrected chi connectivity index (χ4v) is 4.35. The molecule has 2 fully saturated rings. The molecule has 2 aliphatic heterocycles. The normalized spacial score (nSPS) is 19.6. The van der Waals surface area contributed by atoms with Crippen LogP contribution in [0.3, 0.4) is 0 Å². The third-order valence-corrected chi connectivity index (χ3v) is 6.19. The van der Waals surface area contributed by atoms with Gasteiger partial charge in [-0.1, -0.05) is 13.0 Å². The molecule has 0 radical (unpaired) electrons. The largest absolute Gasteiger partial charge is 0.384 e. The fraction of sp³-hybridized carbons (Fsp3) is 0.522. The average Bonchev–Trinajstić information content (AvgIpc) is 2.80. The third kappa shape index (κ3) is 4.96. The first-order valence-electron chi connectivity index (χ1n) is 10.9. The highest BCUT2D eigenvalue weighted by Gasteiger charge is 2.28. The number of carbonyl (C=O) groups excluding carboxylic acids is 1. The maximum absolute atomic E-state index is 12.9. The van der Waals surface area contributed by atoms with Gasteiger partial charge in [-0.3, -0.25) is 14.7 Å². The van der Waals surface area contributed by atoms with E-state index >= 15 is 0 Å². The van der Waals surface area contributed by atoms with E-state index < -0.39 is 0 Å². The van der Waals surface area contributed by atoms with Crippen LogP contribution in [0.5, 0.6) is 0 Å². The quantitative estimate of drug-likeness (QED) is 0.816.